The number of hydrogen-bond acceptors (Lipinski definition) is 2. The molecule has 4 rings (SSSR count). The highest BCUT2D eigenvalue weighted by atomic mass is 14.9. The minimum Gasteiger partial charge on any atom is -0.233 e. The molecule has 0 aliphatic rings. The summed E-state index contributed by atoms with van der Waals surface area (Å²) in [5, 5.41) is 2.44. The van der Waals surface area contributed by atoms with E-state index in [0.29, 0.717) is 0 Å². The minimum absolute atomic E-state index is 0.772. The normalized spacial score (nSPS) is 10.8. The number of nitrogens with zero attached hydrogens (tertiary/aromatic N) is 2. The van der Waals surface area contributed by atoms with E-state index in [1.807, 2.05) is 43.3 Å². The third-order valence-corrected chi connectivity index (χ3v) is 3.95. The van der Waals surface area contributed by atoms with Crippen molar-refractivity contribution in [3.8, 4) is 22.6 Å². The maximum absolute atomic E-state index is 4.81. The van der Waals surface area contributed by atoms with Crippen molar-refractivity contribution >= 4 is 10.8 Å². The molecule has 0 unspecified atom stereocenters. The third kappa shape index (κ3) is 2.59. The van der Waals surface area contributed by atoms with Gasteiger partial charge in [-0.25, -0.2) is 9.97 Å². The van der Waals surface area contributed by atoms with Crippen molar-refractivity contribution in [2.75, 3.05) is 0 Å². The van der Waals surface area contributed by atoms with Crippen LogP contribution in [-0.2, 0) is 0 Å². The topological polar surface area (TPSA) is 25.8 Å². The average Bonchev–Trinajstić information content (AvgIpc) is 2.61. The molecule has 23 heavy (non-hydrogen) atoms. The zero-order valence-corrected chi connectivity index (χ0v) is 12.9. The molecule has 4 aromatic rings. The smallest absolute Gasteiger partial charge is 0.160 e. The van der Waals surface area contributed by atoms with Crippen LogP contribution in [0.15, 0.2) is 78.9 Å². The molecule has 2 heteroatoms. The summed E-state index contributed by atoms with van der Waals surface area (Å²) in [7, 11) is 0. The number of hydrogen-bond donors (Lipinski definition) is 0. The van der Waals surface area contributed by atoms with E-state index in [-0.39, 0.29) is 0 Å². The Morgan fingerprint density at radius 2 is 1.43 bits per heavy atom. The van der Waals surface area contributed by atoms with Crippen molar-refractivity contribution in [1.29, 1.82) is 0 Å². The van der Waals surface area contributed by atoms with E-state index < -0.39 is 0 Å². The van der Waals surface area contributed by atoms with Crippen LogP contribution < -0.4 is 0 Å². The van der Waals surface area contributed by atoms with Crippen molar-refractivity contribution in [2.24, 2.45) is 0 Å². The first-order valence-electron chi connectivity index (χ1n) is 7.70. The first kappa shape index (κ1) is 13.6. The van der Waals surface area contributed by atoms with Crippen LogP contribution in [0.3, 0.4) is 0 Å². The molecular formula is C21H16N2. The van der Waals surface area contributed by atoms with E-state index >= 15 is 0 Å². The summed E-state index contributed by atoms with van der Waals surface area (Å²) in [5.74, 6) is 0.772. The van der Waals surface area contributed by atoms with Crippen LogP contribution in [0.1, 0.15) is 5.69 Å². The van der Waals surface area contributed by atoms with E-state index in [1.54, 1.807) is 0 Å². The molecule has 3 aromatic carbocycles. The maximum atomic E-state index is 4.81. The molecule has 0 aliphatic carbocycles. The van der Waals surface area contributed by atoms with Crippen molar-refractivity contribution < 1.29 is 0 Å². The molecule has 0 saturated carbocycles. The van der Waals surface area contributed by atoms with Crippen LogP contribution in [0, 0.1) is 6.92 Å². The molecular weight excluding hydrogens is 280 g/mol. The van der Waals surface area contributed by atoms with Gasteiger partial charge in [-0.1, -0.05) is 72.8 Å². The largest absolute Gasteiger partial charge is 0.233 e. The number of rotatable bonds is 2. The second-order valence-corrected chi connectivity index (χ2v) is 5.61. The lowest BCUT2D eigenvalue weighted by Gasteiger charge is -2.09. The Hall–Kier alpha value is -3.00. The number of aryl methyl sites for hydroxylation is 1. The summed E-state index contributed by atoms with van der Waals surface area (Å²) in [6, 6.07) is 26.9. The highest BCUT2D eigenvalue weighted by Gasteiger charge is 2.09. The van der Waals surface area contributed by atoms with Gasteiger partial charge in [-0.3, -0.25) is 0 Å². The molecule has 0 saturated heterocycles. The summed E-state index contributed by atoms with van der Waals surface area (Å²) in [6.45, 7) is 2.02. The van der Waals surface area contributed by atoms with E-state index in [9.17, 15) is 0 Å². The third-order valence-electron chi connectivity index (χ3n) is 3.95. The molecule has 0 amide bonds. The predicted molar refractivity (Wildman–Crippen MR) is 95.1 cm³/mol. The number of fused-ring (bicyclic) bond motifs is 1. The molecule has 2 nitrogen and oxygen atoms in total. The fourth-order valence-corrected chi connectivity index (χ4v) is 2.87. The molecule has 0 atom stereocenters. The Bertz CT molecular complexity index is 970. The first-order valence-corrected chi connectivity index (χ1v) is 7.70. The highest BCUT2D eigenvalue weighted by molar-refractivity contribution is 5.95. The SMILES string of the molecule is Cc1cc(-c2cccc3ccccc23)nc(-c2ccccc2)n1. The second kappa shape index (κ2) is 5.65. The Labute approximate surface area is 135 Å². The Morgan fingerprint density at radius 1 is 0.696 bits per heavy atom. The van der Waals surface area contributed by atoms with Crippen LogP contribution in [-0.4, -0.2) is 9.97 Å². The van der Waals surface area contributed by atoms with E-state index in [0.717, 1.165) is 28.3 Å². The average molecular weight is 296 g/mol. The standard InChI is InChI=1S/C21H16N2/c1-15-14-20(23-21(22-15)17-9-3-2-4-10-17)19-13-7-11-16-8-5-6-12-18(16)19/h2-14H,1H3. The number of aromatic nitrogens is 2. The summed E-state index contributed by atoms with van der Waals surface area (Å²) in [4.78, 5) is 9.41. The fourth-order valence-electron chi connectivity index (χ4n) is 2.87. The molecule has 0 aliphatic heterocycles. The van der Waals surface area contributed by atoms with Gasteiger partial charge >= 0.3 is 0 Å². The minimum atomic E-state index is 0.772. The zero-order chi connectivity index (χ0) is 15.6. The van der Waals surface area contributed by atoms with Crippen LogP contribution in [0.5, 0.6) is 0 Å². The van der Waals surface area contributed by atoms with Crippen molar-refractivity contribution in [2.45, 2.75) is 6.92 Å². The molecule has 0 spiro atoms. The van der Waals surface area contributed by atoms with Gasteiger partial charge in [0, 0.05) is 16.8 Å². The van der Waals surface area contributed by atoms with Gasteiger partial charge in [-0.15, -0.1) is 0 Å². The van der Waals surface area contributed by atoms with Gasteiger partial charge in [0.25, 0.3) is 0 Å². The zero-order valence-electron chi connectivity index (χ0n) is 12.9. The fraction of sp³-hybridized carbons (Fsp3) is 0.0476. The molecule has 110 valence electrons. The molecule has 0 radical (unpaired) electrons. The van der Waals surface area contributed by atoms with Gasteiger partial charge in [0.2, 0.25) is 0 Å². The second-order valence-electron chi connectivity index (χ2n) is 5.61. The van der Waals surface area contributed by atoms with Gasteiger partial charge < -0.3 is 0 Å². The molecule has 1 heterocycles. The Morgan fingerprint density at radius 3 is 2.30 bits per heavy atom. The van der Waals surface area contributed by atoms with Crippen LogP contribution >= 0.6 is 0 Å². The van der Waals surface area contributed by atoms with Gasteiger partial charge in [-0.2, -0.15) is 0 Å². The summed E-state index contributed by atoms with van der Waals surface area (Å²) in [6.07, 6.45) is 0. The van der Waals surface area contributed by atoms with Crippen LogP contribution in [0.25, 0.3) is 33.4 Å². The van der Waals surface area contributed by atoms with Crippen molar-refractivity contribution in [3.05, 3.63) is 84.6 Å². The number of benzene rings is 3. The monoisotopic (exact) mass is 296 g/mol. The lowest BCUT2D eigenvalue weighted by Crippen LogP contribution is -1.95. The maximum Gasteiger partial charge on any atom is 0.160 e. The van der Waals surface area contributed by atoms with Gasteiger partial charge in [-0.05, 0) is 23.8 Å². The lowest BCUT2D eigenvalue weighted by atomic mass is 10.0. The highest BCUT2D eigenvalue weighted by Crippen LogP contribution is 2.29. The van der Waals surface area contributed by atoms with Gasteiger partial charge in [0.1, 0.15) is 0 Å². The molecule has 1 aromatic heterocycles. The predicted octanol–water partition coefficient (Wildman–Crippen LogP) is 5.27. The van der Waals surface area contributed by atoms with E-state index in [1.165, 1.54) is 10.8 Å². The molecule has 0 fully saturated rings. The van der Waals surface area contributed by atoms with Crippen molar-refractivity contribution in [1.82, 2.24) is 9.97 Å². The lowest BCUT2D eigenvalue weighted by molar-refractivity contribution is 1.12. The summed E-state index contributed by atoms with van der Waals surface area (Å²) in [5.41, 5.74) is 4.12. The van der Waals surface area contributed by atoms with Crippen LogP contribution in [0.2, 0.25) is 0 Å². The molecule has 0 N–H and O–H groups in total. The molecule has 0 bridgehead atoms. The van der Waals surface area contributed by atoms with Crippen LogP contribution in [0.4, 0.5) is 0 Å². The van der Waals surface area contributed by atoms with E-state index in [4.69, 9.17) is 4.98 Å². The van der Waals surface area contributed by atoms with Gasteiger partial charge in [0.15, 0.2) is 5.82 Å². The Balaban J connectivity index is 1.94. The summed E-state index contributed by atoms with van der Waals surface area (Å²) >= 11 is 0. The van der Waals surface area contributed by atoms with E-state index in [2.05, 4.69) is 47.4 Å². The summed E-state index contributed by atoms with van der Waals surface area (Å²) < 4.78 is 0. The quantitative estimate of drug-likeness (QED) is 0.503. The first-order chi connectivity index (χ1) is 11.3. The Kier molecular flexibility index (Phi) is 3.35. The van der Waals surface area contributed by atoms with Gasteiger partial charge in [0.05, 0.1) is 5.69 Å². The van der Waals surface area contributed by atoms with Crippen molar-refractivity contribution in [3.63, 3.8) is 0 Å².